The van der Waals surface area contributed by atoms with E-state index in [1.54, 1.807) is 0 Å². The SMILES string of the molecule is CCCCCCC/C=C\C/C=C\C/C=C\CCCCCCCCC(=O)OC(COC(=O)CCCCCCCCCC)COC(=O)CCCCCCCCCCCCCCCCCCCCCCCCC. The summed E-state index contributed by atoms with van der Waals surface area (Å²) in [6, 6.07) is 0. The van der Waals surface area contributed by atoms with Crippen molar-refractivity contribution in [2.24, 2.45) is 0 Å². The first kappa shape index (κ1) is 67.6. The fraction of sp³-hybridized carbons (Fsp3) is 0.859. The van der Waals surface area contributed by atoms with Crippen LogP contribution in [0.2, 0.25) is 0 Å². The Morgan fingerprint density at radius 1 is 0.286 bits per heavy atom. The van der Waals surface area contributed by atoms with Gasteiger partial charge in [-0.3, -0.25) is 14.4 Å². The molecule has 410 valence electrons. The van der Waals surface area contributed by atoms with Gasteiger partial charge in [-0.1, -0.05) is 295 Å². The number of carbonyl (C=O) groups is 3. The summed E-state index contributed by atoms with van der Waals surface area (Å²) in [6.45, 7) is 6.64. The van der Waals surface area contributed by atoms with E-state index in [1.807, 2.05) is 0 Å². The Bertz CT molecular complexity index is 1170. The molecule has 0 saturated carbocycles. The number of allylic oxidation sites excluding steroid dienone is 6. The second-order valence-corrected chi connectivity index (χ2v) is 21.0. The van der Waals surface area contributed by atoms with Gasteiger partial charge >= 0.3 is 17.9 Å². The highest BCUT2D eigenvalue weighted by molar-refractivity contribution is 5.71. The smallest absolute Gasteiger partial charge is 0.306 e. The van der Waals surface area contributed by atoms with Crippen LogP contribution in [0.25, 0.3) is 0 Å². The minimum absolute atomic E-state index is 0.0731. The van der Waals surface area contributed by atoms with Crippen LogP contribution in [-0.4, -0.2) is 37.2 Å². The third kappa shape index (κ3) is 56.5. The molecule has 1 atom stereocenters. The predicted molar refractivity (Wildman–Crippen MR) is 302 cm³/mol. The molecule has 0 aromatic heterocycles. The van der Waals surface area contributed by atoms with E-state index in [-0.39, 0.29) is 31.1 Å². The first-order valence-electron chi connectivity index (χ1n) is 31.0. The zero-order valence-electron chi connectivity index (χ0n) is 47.1. The van der Waals surface area contributed by atoms with E-state index in [0.29, 0.717) is 19.3 Å². The van der Waals surface area contributed by atoms with Gasteiger partial charge in [0.1, 0.15) is 13.2 Å². The van der Waals surface area contributed by atoms with Crippen LogP contribution >= 0.6 is 0 Å². The van der Waals surface area contributed by atoms with Gasteiger partial charge in [-0.25, -0.2) is 0 Å². The van der Waals surface area contributed by atoms with Crippen molar-refractivity contribution in [3.63, 3.8) is 0 Å². The zero-order valence-corrected chi connectivity index (χ0v) is 47.1. The predicted octanol–water partition coefficient (Wildman–Crippen LogP) is 20.8. The molecule has 0 fully saturated rings. The van der Waals surface area contributed by atoms with Gasteiger partial charge < -0.3 is 14.2 Å². The average Bonchev–Trinajstić information content (AvgIpc) is 3.36. The summed E-state index contributed by atoms with van der Waals surface area (Å²) in [6.07, 6.45) is 71.6. The molecule has 0 aliphatic rings. The quantitative estimate of drug-likeness (QED) is 0.0261. The van der Waals surface area contributed by atoms with Crippen LogP contribution in [0.3, 0.4) is 0 Å². The van der Waals surface area contributed by atoms with Crippen LogP contribution in [0.4, 0.5) is 0 Å². The molecule has 0 saturated heterocycles. The van der Waals surface area contributed by atoms with Gasteiger partial charge in [0.25, 0.3) is 0 Å². The largest absolute Gasteiger partial charge is 0.462 e. The van der Waals surface area contributed by atoms with Crippen molar-refractivity contribution < 1.29 is 28.6 Å². The van der Waals surface area contributed by atoms with E-state index in [0.717, 1.165) is 77.0 Å². The molecule has 6 heteroatoms. The minimum atomic E-state index is -0.774. The molecule has 70 heavy (non-hydrogen) atoms. The summed E-state index contributed by atoms with van der Waals surface area (Å²) in [5.41, 5.74) is 0. The lowest BCUT2D eigenvalue weighted by molar-refractivity contribution is -0.167. The van der Waals surface area contributed by atoms with Crippen LogP contribution in [0.5, 0.6) is 0 Å². The zero-order chi connectivity index (χ0) is 50.7. The third-order valence-electron chi connectivity index (χ3n) is 13.9. The van der Waals surface area contributed by atoms with Gasteiger partial charge in [0, 0.05) is 19.3 Å². The standard InChI is InChI=1S/C64H118O6/c1-4-7-10-13-16-19-21-23-25-27-29-31-32-34-35-37-39-41-43-45-48-51-54-57-63(66)69-60-61(59-68-62(65)56-53-50-47-18-15-12-9-6-3)70-64(67)58-55-52-49-46-44-42-40-38-36-33-30-28-26-24-22-20-17-14-11-8-5-2/h22,24,28,30,36,38,61H,4-21,23,25-27,29,31-35,37,39-60H2,1-3H3/b24-22-,30-28-,38-36-. The molecule has 0 amide bonds. The maximum atomic E-state index is 12.8. The molecular weight excluding hydrogens is 865 g/mol. The third-order valence-corrected chi connectivity index (χ3v) is 13.9. The van der Waals surface area contributed by atoms with Crippen LogP contribution < -0.4 is 0 Å². The van der Waals surface area contributed by atoms with Crippen molar-refractivity contribution in [3.05, 3.63) is 36.5 Å². The Kier molecular flexibility index (Phi) is 57.2. The summed E-state index contributed by atoms with van der Waals surface area (Å²) < 4.78 is 16.8. The number of unbranched alkanes of at least 4 members (excludes halogenated alkanes) is 40. The monoisotopic (exact) mass is 983 g/mol. The fourth-order valence-electron chi connectivity index (χ4n) is 9.22. The van der Waals surface area contributed by atoms with Crippen LogP contribution in [-0.2, 0) is 28.6 Å². The van der Waals surface area contributed by atoms with E-state index in [2.05, 4.69) is 57.2 Å². The van der Waals surface area contributed by atoms with E-state index < -0.39 is 6.10 Å². The fourth-order valence-corrected chi connectivity index (χ4v) is 9.22. The summed E-state index contributed by atoms with van der Waals surface area (Å²) in [4.78, 5) is 38.1. The Balaban J connectivity index is 4.18. The Hall–Kier alpha value is -2.37. The summed E-state index contributed by atoms with van der Waals surface area (Å²) in [7, 11) is 0. The molecule has 0 aliphatic heterocycles. The van der Waals surface area contributed by atoms with Crippen molar-refractivity contribution in [3.8, 4) is 0 Å². The highest BCUT2D eigenvalue weighted by Crippen LogP contribution is 2.17. The number of esters is 3. The van der Waals surface area contributed by atoms with Crippen molar-refractivity contribution in [2.75, 3.05) is 13.2 Å². The minimum Gasteiger partial charge on any atom is -0.462 e. The van der Waals surface area contributed by atoms with Crippen molar-refractivity contribution >= 4 is 17.9 Å². The van der Waals surface area contributed by atoms with E-state index in [1.165, 1.54) is 218 Å². The number of hydrogen-bond donors (Lipinski definition) is 0. The molecule has 0 spiro atoms. The summed E-state index contributed by atoms with van der Waals surface area (Å²) in [5.74, 6) is -0.871. The molecule has 1 unspecified atom stereocenters. The highest BCUT2D eigenvalue weighted by Gasteiger charge is 2.19. The van der Waals surface area contributed by atoms with Gasteiger partial charge in [0.15, 0.2) is 6.10 Å². The number of hydrogen-bond acceptors (Lipinski definition) is 6. The topological polar surface area (TPSA) is 78.9 Å². The van der Waals surface area contributed by atoms with Gasteiger partial charge in [-0.2, -0.15) is 0 Å². The maximum absolute atomic E-state index is 12.8. The Labute approximate surface area is 435 Å². The van der Waals surface area contributed by atoms with Crippen molar-refractivity contribution in [2.45, 2.75) is 341 Å². The molecule has 0 bridgehead atoms. The molecule has 0 aromatic rings. The summed E-state index contributed by atoms with van der Waals surface area (Å²) in [5, 5.41) is 0. The van der Waals surface area contributed by atoms with Crippen LogP contribution in [0, 0.1) is 0 Å². The van der Waals surface area contributed by atoms with Crippen molar-refractivity contribution in [1.29, 1.82) is 0 Å². The molecule has 0 aromatic carbocycles. The Morgan fingerprint density at radius 2 is 0.514 bits per heavy atom. The first-order valence-corrected chi connectivity index (χ1v) is 31.0. The first-order chi connectivity index (χ1) is 34.5. The molecule has 0 N–H and O–H groups in total. The van der Waals surface area contributed by atoms with Gasteiger partial charge in [0.05, 0.1) is 0 Å². The Morgan fingerprint density at radius 3 is 0.800 bits per heavy atom. The van der Waals surface area contributed by atoms with Crippen molar-refractivity contribution in [1.82, 2.24) is 0 Å². The van der Waals surface area contributed by atoms with Gasteiger partial charge in [0.2, 0.25) is 0 Å². The van der Waals surface area contributed by atoms with Crippen LogP contribution in [0.15, 0.2) is 36.5 Å². The molecular formula is C64H118O6. The lowest BCUT2D eigenvalue weighted by Gasteiger charge is -2.18. The van der Waals surface area contributed by atoms with E-state index >= 15 is 0 Å². The second-order valence-electron chi connectivity index (χ2n) is 21.0. The molecule has 0 rings (SSSR count). The maximum Gasteiger partial charge on any atom is 0.306 e. The van der Waals surface area contributed by atoms with Gasteiger partial charge in [-0.05, 0) is 57.8 Å². The van der Waals surface area contributed by atoms with E-state index in [4.69, 9.17) is 14.2 Å². The molecule has 6 nitrogen and oxygen atoms in total. The highest BCUT2D eigenvalue weighted by atomic mass is 16.6. The number of carbonyl (C=O) groups excluding carboxylic acids is 3. The lowest BCUT2D eigenvalue weighted by Crippen LogP contribution is -2.30. The lowest BCUT2D eigenvalue weighted by atomic mass is 10.0. The molecule has 0 aliphatic carbocycles. The van der Waals surface area contributed by atoms with E-state index in [9.17, 15) is 14.4 Å². The van der Waals surface area contributed by atoms with Crippen LogP contribution in [0.1, 0.15) is 335 Å². The normalized spacial score (nSPS) is 12.2. The summed E-state index contributed by atoms with van der Waals surface area (Å²) >= 11 is 0. The van der Waals surface area contributed by atoms with Gasteiger partial charge in [-0.15, -0.1) is 0 Å². The average molecular weight is 984 g/mol. The molecule has 0 radical (unpaired) electrons. The number of ether oxygens (including phenoxy) is 3. The second kappa shape index (κ2) is 59.2. The number of rotatable bonds is 57. The molecule has 0 heterocycles.